The fourth-order valence-corrected chi connectivity index (χ4v) is 3.57. The summed E-state index contributed by atoms with van der Waals surface area (Å²) >= 11 is 6.31. The maximum atomic E-state index is 6.31. The molecule has 0 radical (unpaired) electrons. The molecule has 0 aromatic heterocycles. The minimum Gasteiger partial charge on any atom is -1.00 e. The van der Waals surface area contributed by atoms with Crippen LogP contribution in [-0.4, -0.2) is 28.5 Å². The van der Waals surface area contributed by atoms with Crippen molar-refractivity contribution in [2.75, 3.05) is 13.1 Å². The van der Waals surface area contributed by atoms with Gasteiger partial charge in [-0.15, -0.1) is 0 Å². The maximum Gasteiger partial charge on any atom is 0.262 e. The van der Waals surface area contributed by atoms with Crippen molar-refractivity contribution in [2.24, 2.45) is 0 Å². The van der Waals surface area contributed by atoms with Gasteiger partial charge in [-0.25, -0.2) is 0 Å². The van der Waals surface area contributed by atoms with Gasteiger partial charge in [-0.1, -0.05) is 78.2 Å². The van der Waals surface area contributed by atoms with E-state index < -0.39 is 0 Å². The van der Waals surface area contributed by atoms with Crippen molar-refractivity contribution in [1.82, 2.24) is 5.01 Å². The monoisotopic (exact) mass is 362 g/mol. The summed E-state index contributed by atoms with van der Waals surface area (Å²) in [4.78, 5) is 0. The van der Waals surface area contributed by atoms with Gasteiger partial charge in [-0.2, -0.15) is 5.01 Å². The van der Waals surface area contributed by atoms with Gasteiger partial charge in [0.1, 0.15) is 0 Å². The summed E-state index contributed by atoms with van der Waals surface area (Å²) in [5.74, 6) is 0. The molecule has 0 N–H and O–H groups in total. The molecular weight excluding hydrogens is 339 g/mol. The summed E-state index contributed by atoms with van der Waals surface area (Å²) in [6.45, 7) is 2.14. The Morgan fingerprint density at radius 1 is 0.792 bits per heavy atom. The fourth-order valence-electron chi connectivity index (χ4n) is 3.33. The highest BCUT2D eigenvalue weighted by Crippen LogP contribution is 2.27. The smallest absolute Gasteiger partial charge is 0.262 e. The van der Waals surface area contributed by atoms with Gasteiger partial charge in [0, 0.05) is 11.1 Å². The fraction of sp³-hybridized carbons (Fsp3) is 0.350. The second-order valence-corrected chi connectivity index (χ2v) is 6.26. The molecule has 1 aliphatic rings. The highest BCUT2D eigenvalue weighted by atomic mass is 35.5. The molecule has 0 atom stereocenters. The Labute approximate surface area is 156 Å². The number of hydrogen-bond donors (Lipinski definition) is 0. The van der Waals surface area contributed by atoms with Crippen LogP contribution in [0.1, 0.15) is 42.9 Å². The molecule has 0 bridgehead atoms. The topological polar surface area (TPSA) is 6.25 Å². The van der Waals surface area contributed by atoms with Crippen molar-refractivity contribution >= 4 is 17.3 Å². The molecule has 2 aromatic rings. The van der Waals surface area contributed by atoms with Crippen molar-refractivity contribution in [3.63, 3.8) is 0 Å². The molecule has 1 heterocycles. The number of benzene rings is 2. The summed E-state index contributed by atoms with van der Waals surface area (Å²) in [7, 11) is 0. The zero-order valence-corrected chi connectivity index (χ0v) is 15.3. The predicted molar refractivity (Wildman–Crippen MR) is 96.9 cm³/mol. The first kappa shape index (κ1) is 18.8. The third kappa shape index (κ3) is 4.52. The SMILES string of the molecule is Cl/C=[N+](/C(c1ccccc1)c1ccccc1)N1CCCCCC1.[Cl-]. The number of rotatable bonds is 4. The molecule has 2 aromatic carbocycles. The van der Waals surface area contributed by atoms with Crippen LogP contribution in [0, 0.1) is 0 Å². The lowest BCUT2D eigenvalue weighted by Crippen LogP contribution is -3.00. The van der Waals surface area contributed by atoms with E-state index in [2.05, 4.69) is 70.4 Å². The van der Waals surface area contributed by atoms with E-state index in [4.69, 9.17) is 11.6 Å². The zero-order valence-electron chi connectivity index (χ0n) is 13.8. The Balaban J connectivity index is 0.00000208. The van der Waals surface area contributed by atoms with Crippen LogP contribution >= 0.6 is 11.6 Å². The molecule has 1 saturated heterocycles. The van der Waals surface area contributed by atoms with Gasteiger partial charge >= 0.3 is 0 Å². The quantitative estimate of drug-likeness (QED) is 0.594. The lowest BCUT2D eigenvalue weighted by Gasteiger charge is -2.25. The average molecular weight is 363 g/mol. The molecule has 1 aliphatic heterocycles. The minimum absolute atomic E-state index is 0. The van der Waals surface area contributed by atoms with Gasteiger partial charge in [0.15, 0.2) is 0 Å². The van der Waals surface area contributed by atoms with Crippen molar-refractivity contribution in [3.8, 4) is 0 Å². The predicted octanol–water partition coefficient (Wildman–Crippen LogP) is 1.85. The molecule has 0 aliphatic carbocycles. The van der Waals surface area contributed by atoms with E-state index in [9.17, 15) is 0 Å². The summed E-state index contributed by atoms with van der Waals surface area (Å²) in [6, 6.07) is 21.4. The summed E-state index contributed by atoms with van der Waals surface area (Å²) in [5.41, 5.74) is 4.25. The van der Waals surface area contributed by atoms with Crippen molar-refractivity contribution in [3.05, 3.63) is 71.8 Å². The van der Waals surface area contributed by atoms with E-state index >= 15 is 0 Å². The molecule has 2 nitrogen and oxygen atoms in total. The summed E-state index contributed by atoms with van der Waals surface area (Å²) < 4.78 is 2.22. The molecule has 3 rings (SSSR count). The number of hydrazine groups is 1. The van der Waals surface area contributed by atoms with Crippen LogP contribution in [0.5, 0.6) is 0 Å². The first-order valence-electron chi connectivity index (χ1n) is 8.47. The third-order valence-corrected chi connectivity index (χ3v) is 4.70. The second kappa shape index (κ2) is 9.71. The normalized spacial score (nSPS) is 15.8. The maximum absolute atomic E-state index is 6.31. The lowest BCUT2D eigenvalue weighted by molar-refractivity contribution is -0.711. The first-order chi connectivity index (χ1) is 11.4. The van der Waals surface area contributed by atoms with Crippen LogP contribution in [-0.2, 0) is 0 Å². The van der Waals surface area contributed by atoms with Gasteiger partial charge in [-0.05, 0) is 24.4 Å². The van der Waals surface area contributed by atoms with Gasteiger partial charge in [0.25, 0.3) is 5.67 Å². The molecule has 4 heteroatoms. The van der Waals surface area contributed by atoms with Gasteiger partial charge in [0.05, 0.1) is 13.1 Å². The minimum atomic E-state index is 0. The summed E-state index contributed by atoms with van der Waals surface area (Å²) in [5, 5.41) is 2.41. The Morgan fingerprint density at radius 3 is 1.67 bits per heavy atom. The molecule has 0 amide bonds. The van der Waals surface area contributed by atoms with Crippen molar-refractivity contribution in [1.29, 1.82) is 0 Å². The largest absolute Gasteiger partial charge is 1.00 e. The molecule has 0 spiro atoms. The molecule has 0 unspecified atom stereocenters. The van der Waals surface area contributed by atoms with Crippen molar-refractivity contribution in [2.45, 2.75) is 31.7 Å². The van der Waals surface area contributed by atoms with Crippen LogP contribution in [0.15, 0.2) is 60.7 Å². The van der Waals surface area contributed by atoms with Crippen LogP contribution in [0.25, 0.3) is 0 Å². The van der Waals surface area contributed by atoms with E-state index in [1.54, 1.807) is 5.67 Å². The Bertz CT molecular complexity index is 581. The zero-order chi connectivity index (χ0) is 15.9. The summed E-state index contributed by atoms with van der Waals surface area (Å²) in [6.07, 6.45) is 5.09. The number of halogens is 2. The van der Waals surface area contributed by atoms with Crippen LogP contribution in [0.3, 0.4) is 0 Å². The first-order valence-corrected chi connectivity index (χ1v) is 8.90. The van der Waals surface area contributed by atoms with Gasteiger partial charge in [-0.3, -0.25) is 0 Å². The van der Waals surface area contributed by atoms with Crippen LogP contribution in [0.2, 0.25) is 0 Å². The van der Waals surface area contributed by atoms with Gasteiger partial charge < -0.3 is 12.4 Å². The molecule has 128 valence electrons. The average Bonchev–Trinajstić information content (AvgIpc) is 2.90. The van der Waals surface area contributed by atoms with Crippen LogP contribution in [0.4, 0.5) is 0 Å². The Kier molecular flexibility index (Phi) is 7.61. The Hall–Kier alpha value is -1.51. The molecule has 1 fully saturated rings. The van der Waals surface area contributed by atoms with E-state index in [-0.39, 0.29) is 18.4 Å². The van der Waals surface area contributed by atoms with Gasteiger partial charge in [0.2, 0.25) is 6.04 Å². The number of hydrogen-bond acceptors (Lipinski definition) is 1. The van der Waals surface area contributed by atoms with E-state index in [0.717, 1.165) is 13.1 Å². The standard InChI is InChI=1S/C20H24ClN2.ClH/c21-17-23(22-15-9-1-2-10-16-22)20(18-11-5-3-6-12-18)19-13-7-4-8-14-19;/h3-8,11-14,17,20H,1-2,9-10,15-16H2;1H/q+1;/p-1/b23-17-;. The van der Waals surface area contributed by atoms with E-state index in [1.807, 2.05) is 0 Å². The van der Waals surface area contributed by atoms with E-state index in [0.29, 0.717) is 0 Å². The highest BCUT2D eigenvalue weighted by Gasteiger charge is 2.30. The molecular formula is C20H24Cl2N2. The highest BCUT2D eigenvalue weighted by molar-refractivity contribution is 6.54. The molecule has 0 saturated carbocycles. The van der Waals surface area contributed by atoms with Crippen LogP contribution < -0.4 is 12.4 Å². The molecule has 24 heavy (non-hydrogen) atoms. The van der Waals surface area contributed by atoms with Crippen molar-refractivity contribution < 1.29 is 17.1 Å². The lowest BCUT2D eigenvalue weighted by atomic mass is 9.99. The third-order valence-electron chi connectivity index (χ3n) is 4.50. The Morgan fingerprint density at radius 2 is 1.25 bits per heavy atom. The number of hydrazone groups is 1. The number of nitrogens with zero attached hydrogens (tertiary/aromatic N) is 2. The van der Waals surface area contributed by atoms with E-state index in [1.165, 1.54) is 36.8 Å². The second-order valence-electron chi connectivity index (χ2n) is 6.07.